The van der Waals surface area contributed by atoms with Crippen LogP contribution in [0, 0.1) is 0 Å². The molecule has 3 heterocycles. The molecule has 0 saturated heterocycles. The molecule has 62 heavy (non-hydrogen) atoms. The molecule has 0 aliphatic rings. The number of fused-ring (bicyclic) bond motifs is 6. The quantitative estimate of drug-likeness (QED) is 0.162. The Balaban J connectivity index is 1.12. The molecule has 0 aliphatic carbocycles. The predicted molar refractivity (Wildman–Crippen MR) is 256 cm³/mol. The van der Waals surface area contributed by atoms with Gasteiger partial charge in [0.2, 0.25) is 0 Å². The molecule has 3 aromatic heterocycles. The maximum absolute atomic E-state index is 5.19. The van der Waals surface area contributed by atoms with Gasteiger partial charge in [-0.3, -0.25) is 0 Å². The molecule has 0 saturated carbocycles. The first-order valence-electron chi connectivity index (χ1n) is 20.9. The molecule has 12 aromatic rings. The summed E-state index contributed by atoms with van der Waals surface area (Å²) in [5.74, 6) is 1.87. The Hall–Kier alpha value is -8.41. The zero-order valence-corrected chi connectivity index (χ0v) is 33.6. The van der Waals surface area contributed by atoms with Crippen molar-refractivity contribution in [3.8, 4) is 67.8 Å². The van der Waals surface area contributed by atoms with E-state index >= 15 is 0 Å². The molecule has 5 heteroatoms. The Morgan fingerprint density at radius 3 is 1.39 bits per heavy atom. The van der Waals surface area contributed by atoms with Crippen LogP contribution in [0.15, 0.2) is 224 Å². The van der Waals surface area contributed by atoms with E-state index in [4.69, 9.17) is 15.0 Å². The van der Waals surface area contributed by atoms with Crippen molar-refractivity contribution in [3.05, 3.63) is 224 Å². The summed E-state index contributed by atoms with van der Waals surface area (Å²) in [5, 5.41) is 4.82. The number of benzene rings is 9. The van der Waals surface area contributed by atoms with Crippen molar-refractivity contribution in [2.75, 3.05) is 0 Å². The van der Waals surface area contributed by atoms with Crippen molar-refractivity contribution in [2.45, 2.75) is 0 Å². The molecule has 0 unspecified atom stereocenters. The van der Waals surface area contributed by atoms with E-state index in [1.165, 1.54) is 32.6 Å². The lowest BCUT2D eigenvalue weighted by Gasteiger charge is -2.16. The van der Waals surface area contributed by atoms with Gasteiger partial charge in [0.25, 0.3) is 0 Å². The Morgan fingerprint density at radius 1 is 0.258 bits per heavy atom. The van der Waals surface area contributed by atoms with Gasteiger partial charge in [-0.15, -0.1) is 0 Å². The van der Waals surface area contributed by atoms with Crippen LogP contribution in [0.3, 0.4) is 0 Å². The van der Waals surface area contributed by atoms with Gasteiger partial charge >= 0.3 is 0 Å². The molecule has 0 atom stereocenters. The SMILES string of the molecule is c1ccc(-c2cc(-c3nc(-c4ccccc4)nc(-c4ccccc4)n3)cc(-n3c4ccccc4c4cccc(-c5ccc6c(c5)c5ccccc5n6-c5ccccc5)c43)c2)cc1. The molecule has 0 amide bonds. The maximum Gasteiger partial charge on any atom is 0.164 e. The van der Waals surface area contributed by atoms with Crippen molar-refractivity contribution >= 4 is 43.6 Å². The average Bonchev–Trinajstić information content (AvgIpc) is 3.88. The fourth-order valence-electron chi connectivity index (χ4n) is 9.12. The van der Waals surface area contributed by atoms with Crippen molar-refractivity contribution in [3.63, 3.8) is 0 Å². The van der Waals surface area contributed by atoms with Crippen LogP contribution in [0.1, 0.15) is 0 Å². The van der Waals surface area contributed by atoms with Crippen molar-refractivity contribution in [1.29, 1.82) is 0 Å². The third-order valence-corrected chi connectivity index (χ3v) is 11.9. The van der Waals surface area contributed by atoms with Gasteiger partial charge in [0.1, 0.15) is 0 Å². The fourth-order valence-corrected chi connectivity index (χ4v) is 9.12. The summed E-state index contributed by atoms with van der Waals surface area (Å²) in [5.41, 5.74) is 14.0. The zero-order valence-electron chi connectivity index (χ0n) is 33.6. The molecule has 12 rings (SSSR count). The molecule has 9 aromatic carbocycles. The molecular weight excluding hydrogens is 755 g/mol. The van der Waals surface area contributed by atoms with Gasteiger partial charge in [-0.25, -0.2) is 15.0 Å². The van der Waals surface area contributed by atoms with Crippen molar-refractivity contribution in [2.24, 2.45) is 0 Å². The largest absolute Gasteiger partial charge is 0.309 e. The lowest BCUT2D eigenvalue weighted by atomic mass is 9.99. The van der Waals surface area contributed by atoms with E-state index in [1.54, 1.807) is 0 Å². The summed E-state index contributed by atoms with van der Waals surface area (Å²) in [6.45, 7) is 0. The first-order chi connectivity index (χ1) is 30.7. The minimum atomic E-state index is 0.609. The first-order valence-corrected chi connectivity index (χ1v) is 20.9. The number of hydrogen-bond acceptors (Lipinski definition) is 3. The summed E-state index contributed by atoms with van der Waals surface area (Å²) in [6, 6.07) is 79.4. The zero-order chi connectivity index (χ0) is 41.0. The summed E-state index contributed by atoms with van der Waals surface area (Å²) >= 11 is 0. The molecular formula is C57H37N5. The highest BCUT2D eigenvalue weighted by Gasteiger charge is 2.21. The standard InChI is InChI=1S/C57H37N5/c1-5-18-38(19-6-1)42-34-43(57-59-55(39-20-7-2-8-21-39)58-56(60-57)40-22-9-3-10-23-40)36-45(35-42)62-52-31-16-13-26-47(52)49-29-17-28-46(54(49)62)41-32-33-53-50(37-41)48-27-14-15-30-51(48)61(53)44-24-11-4-12-25-44/h1-37H. The van der Waals surface area contributed by atoms with E-state index in [0.29, 0.717) is 17.5 Å². The summed E-state index contributed by atoms with van der Waals surface area (Å²) in [6.07, 6.45) is 0. The minimum Gasteiger partial charge on any atom is -0.309 e. The van der Waals surface area contributed by atoms with Crippen LogP contribution in [-0.4, -0.2) is 24.1 Å². The van der Waals surface area contributed by atoms with E-state index < -0.39 is 0 Å². The molecule has 5 nitrogen and oxygen atoms in total. The second kappa shape index (κ2) is 14.7. The van der Waals surface area contributed by atoms with Crippen molar-refractivity contribution in [1.82, 2.24) is 24.1 Å². The van der Waals surface area contributed by atoms with Crippen LogP contribution in [0.4, 0.5) is 0 Å². The Kier molecular flexibility index (Phi) is 8.42. The van der Waals surface area contributed by atoms with Crippen LogP contribution in [0.2, 0.25) is 0 Å². The topological polar surface area (TPSA) is 48.5 Å². The minimum absolute atomic E-state index is 0.609. The highest BCUT2D eigenvalue weighted by Crippen LogP contribution is 2.42. The maximum atomic E-state index is 5.19. The van der Waals surface area contributed by atoms with Crippen LogP contribution < -0.4 is 0 Å². The highest BCUT2D eigenvalue weighted by atomic mass is 15.0. The van der Waals surface area contributed by atoms with Gasteiger partial charge in [-0.1, -0.05) is 170 Å². The fraction of sp³-hybridized carbons (Fsp3) is 0. The third kappa shape index (κ3) is 5.98. The first kappa shape index (κ1) is 35.5. The third-order valence-electron chi connectivity index (χ3n) is 11.9. The smallest absolute Gasteiger partial charge is 0.164 e. The lowest BCUT2D eigenvalue weighted by molar-refractivity contribution is 1.07. The second-order valence-electron chi connectivity index (χ2n) is 15.6. The number of aromatic nitrogens is 5. The Morgan fingerprint density at radius 2 is 0.742 bits per heavy atom. The van der Waals surface area contributed by atoms with Gasteiger partial charge in [0.15, 0.2) is 17.5 Å². The van der Waals surface area contributed by atoms with Crippen LogP contribution in [0.5, 0.6) is 0 Å². The monoisotopic (exact) mass is 791 g/mol. The molecule has 0 N–H and O–H groups in total. The molecule has 0 bridgehead atoms. The van der Waals surface area contributed by atoms with Crippen LogP contribution in [0.25, 0.3) is 111 Å². The van der Waals surface area contributed by atoms with Crippen LogP contribution >= 0.6 is 0 Å². The Labute approximate surface area is 358 Å². The molecule has 0 aliphatic heterocycles. The van der Waals surface area contributed by atoms with Crippen molar-refractivity contribution < 1.29 is 0 Å². The number of nitrogens with zero attached hydrogens (tertiary/aromatic N) is 5. The number of rotatable bonds is 7. The number of para-hydroxylation sites is 4. The lowest BCUT2D eigenvalue weighted by Crippen LogP contribution is -2.02. The Bertz CT molecular complexity index is 3550. The summed E-state index contributed by atoms with van der Waals surface area (Å²) < 4.78 is 4.81. The second-order valence-corrected chi connectivity index (χ2v) is 15.6. The van der Waals surface area contributed by atoms with Gasteiger partial charge in [0, 0.05) is 55.2 Å². The average molecular weight is 792 g/mol. The van der Waals surface area contributed by atoms with Gasteiger partial charge < -0.3 is 9.13 Å². The van der Waals surface area contributed by atoms with Gasteiger partial charge in [-0.05, 0) is 71.3 Å². The summed E-state index contributed by atoms with van der Waals surface area (Å²) in [4.78, 5) is 15.4. The molecule has 0 spiro atoms. The predicted octanol–water partition coefficient (Wildman–Crippen LogP) is 14.4. The molecule has 0 fully saturated rings. The molecule has 290 valence electrons. The van der Waals surface area contributed by atoms with Crippen LogP contribution in [-0.2, 0) is 0 Å². The number of hydrogen-bond donors (Lipinski definition) is 0. The van der Waals surface area contributed by atoms with E-state index in [-0.39, 0.29) is 0 Å². The molecule has 0 radical (unpaired) electrons. The van der Waals surface area contributed by atoms with E-state index in [9.17, 15) is 0 Å². The highest BCUT2D eigenvalue weighted by molar-refractivity contribution is 6.15. The van der Waals surface area contributed by atoms with E-state index in [1.807, 2.05) is 36.4 Å². The van der Waals surface area contributed by atoms with Gasteiger partial charge in [-0.2, -0.15) is 0 Å². The normalized spacial score (nSPS) is 11.5. The van der Waals surface area contributed by atoms with Gasteiger partial charge in [0.05, 0.1) is 22.1 Å². The summed E-state index contributed by atoms with van der Waals surface area (Å²) in [7, 11) is 0. The van der Waals surface area contributed by atoms with E-state index in [2.05, 4.69) is 197 Å². The van der Waals surface area contributed by atoms with E-state index in [0.717, 1.165) is 61.4 Å².